The summed E-state index contributed by atoms with van der Waals surface area (Å²) >= 11 is 0. The van der Waals surface area contributed by atoms with E-state index in [1.807, 2.05) is 36.4 Å². The molecule has 41 heavy (non-hydrogen) atoms. The number of hydrogen-bond donors (Lipinski definition) is 0. The number of benzene rings is 2. The Balaban J connectivity index is 1.63. The van der Waals surface area contributed by atoms with Gasteiger partial charge in [0.05, 0.1) is 12.7 Å². The molecule has 1 aliphatic carbocycles. The van der Waals surface area contributed by atoms with Gasteiger partial charge in [-0.15, -0.1) is 0 Å². The SMILES string of the molecule is COC(=O)c1cccc(CC2(CN(C(=O)C(F)(F)F)C3CC3c3ccccc3)CCN(C(=O)OC(C)(C)C)CC2)c1. The van der Waals surface area contributed by atoms with Crippen molar-refractivity contribution >= 4 is 18.0 Å². The van der Waals surface area contributed by atoms with Crippen molar-refractivity contribution in [3.05, 3.63) is 71.3 Å². The van der Waals surface area contributed by atoms with Gasteiger partial charge in [-0.25, -0.2) is 9.59 Å². The highest BCUT2D eigenvalue weighted by Gasteiger charge is 2.54. The van der Waals surface area contributed by atoms with E-state index in [0.717, 1.165) is 16.0 Å². The molecule has 10 heteroatoms. The maximum absolute atomic E-state index is 13.9. The number of esters is 1. The summed E-state index contributed by atoms with van der Waals surface area (Å²) in [5.41, 5.74) is 0.526. The summed E-state index contributed by atoms with van der Waals surface area (Å²) in [7, 11) is 1.28. The molecule has 2 amide bonds. The van der Waals surface area contributed by atoms with Gasteiger partial charge in [0.2, 0.25) is 0 Å². The molecule has 2 aromatic carbocycles. The molecule has 0 radical (unpaired) electrons. The molecule has 7 nitrogen and oxygen atoms in total. The average molecular weight is 575 g/mol. The minimum atomic E-state index is -5.02. The maximum atomic E-state index is 13.9. The van der Waals surface area contributed by atoms with Crippen LogP contribution in [-0.4, -0.2) is 72.3 Å². The van der Waals surface area contributed by atoms with Crippen LogP contribution in [0.4, 0.5) is 18.0 Å². The zero-order valence-electron chi connectivity index (χ0n) is 23.9. The molecule has 0 bridgehead atoms. The van der Waals surface area contributed by atoms with E-state index in [4.69, 9.17) is 9.47 Å². The Morgan fingerprint density at radius 1 is 1.00 bits per heavy atom. The van der Waals surface area contributed by atoms with E-state index in [-0.39, 0.29) is 25.6 Å². The molecule has 0 spiro atoms. The van der Waals surface area contributed by atoms with E-state index >= 15 is 0 Å². The van der Waals surface area contributed by atoms with Crippen molar-refractivity contribution in [2.75, 3.05) is 26.7 Å². The first kappa shape index (κ1) is 30.4. The quantitative estimate of drug-likeness (QED) is 0.381. The van der Waals surface area contributed by atoms with Crippen molar-refractivity contribution in [3.8, 4) is 0 Å². The van der Waals surface area contributed by atoms with Gasteiger partial charge in [0, 0.05) is 31.6 Å². The largest absolute Gasteiger partial charge is 0.471 e. The fourth-order valence-corrected chi connectivity index (χ4v) is 5.69. The number of amides is 2. The topological polar surface area (TPSA) is 76.2 Å². The Hall–Kier alpha value is -3.56. The van der Waals surface area contributed by atoms with Crippen LogP contribution in [0.25, 0.3) is 0 Å². The molecule has 1 saturated heterocycles. The predicted octanol–water partition coefficient (Wildman–Crippen LogP) is 5.98. The second-order valence-corrected chi connectivity index (χ2v) is 12.1. The van der Waals surface area contributed by atoms with Gasteiger partial charge < -0.3 is 19.3 Å². The molecular formula is C31H37F3N2O5. The van der Waals surface area contributed by atoms with Crippen molar-refractivity contribution in [3.63, 3.8) is 0 Å². The first-order valence-electron chi connectivity index (χ1n) is 13.8. The lowest BCUT2D eigenvalue weighted by atomic mass is 9.73. The summed E-state index contributed by atoms with van der Waals surface area (Å²) in [6.07, 6.45) is -4.01. The van der Waals surface area contributed by atoms with Gasteiger partial charge in [0.1, 0.15) is 5.60 Å². The summed E-state index contributed by atoms with van der Waals surface area (Å²) in [5.74, 6) is -2.54. The smallest absolute Gasteiger partial charge is 0.465 e. The Morgan fingerprint density at radius 3 is 2.24 bits per heavy atom. The molecule has 0 N–H and O–H groups in total. The number of methoxy groups -OCH3 is 1. The first-order valence-corrected chi connectivity index (χ1v) is 13.8. The Kier molecular flexibility index (Phi) is 8.70. The van der Waals surface area contributed by atoms with Crippen LogP contribution in [0.1, 0.15) is 67.4 Å². The van der Waals surface area contributed by atoms with Crippen molar-refractivity contribution in [1.29, 1.82) is 0 Å². The second-order valence-electron chi connectivity index (χ2n) is 12.1. The third kappa shape index (κ3) is 7.59. The van der Waals surface area contributed by atoms with Crippen molar-refractivity contribution < 1.29 is 37.0 Å². The summed E-state index contributed by atoms with van der Waals surface area (Å²) in [6, 6.07) is 15.5. The molecule has 2 aliphatic rings. The number of alkyl halides is 3. The van der Waals surface area contributed by atoms with Crippen LogP contribution in [-0.2, 0) is 20.7 Å². The Labute approximate surface area is 238 Å². The molecule has 2 unspecified atom stereocenters. The summed E-state index contributed by atoms with van der Waals surface area (Å²) < 4.78 is 52.1. The van der Waals surface area contributed by atoms with Crippen LogP contribution >= 0.6 is 0 Å². The van der Waals surface area contributed by atoms with Gasteiger partial charge in [-0.1, -0.05) is 42.5 Å². The summed E-state index contributed by atoms with van der Waals surface area (Å²) in [5, 5.41) is 0. The molecule has 1 saturated carbocycles. The number of piperidine rings is 1. The molecule has 2 aromatic rings. The second kappa shape index (κ2) is 11.7. The van der Waals surface area contributed by atoms with Gasteiger partial charge in [-0.2, -0.15) is 13.2 Å². The van der Waals surface area contributed by atoms with E-state index in [2.05, 4.69) is 0 Å². The monoisotopic (exact) mass is 574 g/mol. The number of likely N-dealkylation sites (tertiary alicyclic amines) is 1. The molecule has 2 atom stereocenters. The van der Waals surface area contributed by atoms with Crippen molar-refractivity contribution in [2.45, 2.75) is 70.2 Å². The zero-order chi connectivity index (χ0) is 30.0. The number of ether oxygens (including phenoxy) is 2. The van der Waals surface area contributed by atoms with Crippen molar-refractivity contribution in [2.24, 2.45) is 5.41 Å². The van der Waals surface area contributed by atoms with Gasteiger partial charge >= 0.3 is 24.1 Å². The highest BCUT2D eigenvalue weighted by molar-refractivity contribution is 5.89. The lowest BCUT2D eigenvalue weighted by Crippen LogP contribution is -2.53. The molecular weight excluding hydrogens is 537 g/mol. The van der Waals surface area contributed by atoms with E-state index in [9.17, 15) is 27.6 Å². The third-order valence-electron chi connectivity index (χ3n) is 7.80. The van der Waals surface area contributed by atoms with E-state index in [0.29, 0.717) is 31.2 Å². The lowest BCUT2D eigenvalue weighted by Gasteiger charge is -2.45. The fourth-order valence-electron chi connectivity index (χ4n) is 5.69. The van der Waals surface area contributed by atoms with Gasteiger partial charge in [-0.3, -0.25) is 4.79 Å². The first-order chi connectivity index (χ1) is 19.2. The van der Waals surface area contributed by atoms with Crippen molar-refractivity contribution in [1.82, 2.24) is 9.80 Å². The standard InChI is InChI=1S/C31H37F3N2O5/c1-29(2,3)41-28(39)35-15-13-30(14-16-35,19-21-9-8-12-23(17-21)26(37)40-4)20-36(27(38)31(32,33)34)25-18-24(25)22-10-6-5-7-11-22/h5-12,17,24-25H,13-16,18-20H2,1-4H3. The number of rotatable bonds is 7. The maximum Gasteiger partial charge on any atom is 0.471 e. The number of carbonyl (C=O) groups excluding carboxylic acids is 3. The minimum Gasteiger partial charge on any atom is -0.465 e. The number of hydrogen-bond acceptors (Lipinski definition) is 5. The molecule has 2 fully saturated rings. The van der Waals surface area contributed by atoms with E-state index in [1.165, 1.54) is 7.11 Å². The number of carbonyl (C=O) groups is 3. The van der Waals surface area contributed by atoms with Gasteiger partial charge in [-0.05, 0) is 75.1 Å². The van der Waals surface area contributed by atoms with Gasteiger partial charge in [0.25, 0.3) is 0 Å². The number of nitrogens with zero attached hydrogens (tertiary/aromatic N) is 2. The fraction of sp³-hybridized carbons (Fsp3) is 0.516. The Bertz CT molecular complexity index is 1250. The van der Waals surface area contributed by atoms with Crippen LogP contribution in [0.5, 0.6) is 0 Å². The number of halogens is 3. The van der Waals surface area contributed by atoms with Crippen LogP contribution in [0, 0.1) is 5.41 Å². The van der Waals surface area contributed by atoms with Crippen LogP contribution in [0.15, 0.2) is 54.6 Å². The van der Waals surface area contributed by atoms with Crippen LogP contribution in [0.3, 0.4) is 0 Å². The highest BCUT2D eigenvalue weighted by Crippen LogP contribution is 2.48. The molecule has 1 heterocycles. The highest BCUT2D eigenvalue weighted by atomic mass is 19.4. The summed E-state index contributed by atoms with van der Waals surface area (Å²) in [4.78, 5) is 40.3. The van der Waals surface area contributed by atoms with Crippen LogP contribution < -0.4 is 0 Å². The lowest BCUT2D eigenvalue weighted by molar-refractivity contribution is -0.188. The van der Waals surface area contributed by atoms with E-state index in [1.54, 1.807) is 43.9 Å². The summed E-state index contributed by atoms with van der Waals surface area (Å²) in [6.45, 7) is 5.73. The third-order valence-corrected chi connectivity index (χ3v) is 7.80. The Morgan fingerprint density at radius 2 is 1.66 bits per heavy atom. The predicted molar refractivity (Wildman–Crippen MR) is 146 cm³/mol. The van der Waals surface area contributed by atoms with Gasteiger partial charge in [0.15, 0.2) is 0 Å². The normalized spacial score (nSPS) is 20.2. The van der Waals surface area contributed by atoms with Crippen LogP contribution in [0.2, 0.25) is 0 Å². The molecule has 1 aliphatic heterocycles. The molecule has 4 rings (SSSR count). The minimum absolute atomic E-state index is 0.121. The van der Waals surface area contributed by atoms with E-state index < -0.39 is 41.2 Å². The average Bonchev–Trinajstić information content (AvgIpc) is 3.71. The zero-order valence-corrected chi connectivity index (χ0v) is 23.9. The molecule has 222 valence electrons. The molecule has 0 aromatic heterocycles.